The van der Waals surface area contributed by atoms with Crippen molar-refractivity contribution in [2.45, 2.75) is 46.0 Å². The number of aromatic amines is 1. The SMILES string of the molecule is CCN1CC(c2cnc(C)c(NC(C)=O)c2)CCC1=O.O=CNCCOCCNCC(=O)N1CCN(C(=O)c2cc(Cc3n[nH]c(=O)c4ccccc34)ccc2F)CC1. The van der Waals surface area contributed by atoms with Crippen molar-refractivity contribution in [2.75, 3.05) is 77.4 Å². The summed E-state index contributed by atoms with van der Waals surface area (Å²) in [6.07, 6.45) is 4.21. The molecule has 2 aliphatic heterocycles. The molecule has 2 saturated heterocycles. The molecule has 1 unspecified atom stereocenters. The first-order valence-corrected chi connectivity index (χ1v) is 19.8. The molecule has 0 spiro atoms. The number of likely N-dealkylation sites (N-methyl/N-ethyl adjacent to an activating group) is 1. The Bertz CT molecular complexity index is 2170. The van der Waals surface area contributed by atoms with Crippen molar-refractivity contribution in [3.05, 3.63) is 99.0 Å². The molecular weight excluding hydrogens is 762 g/mol. The lowest BCUT2D eigenvalue weighted by atomic mass is 9.91. The molecule has 4 N–H and O–H groups in total. The average molecular weight is 814 g/mol. The largest absolute Gasteiger partial charge is 0.378 e. The zero-order valence-electron chi connectivity index (χ0n) is 33.7. The number of pyridine rings is 1. The molecule has 4 aromatic rings. The summed E-state index contributed by atoms with van der Waals surface area (Å²) in [6.45, 7) is 10.0. The van der Waals surface area contributed by atoms with E-state index in [1.54, 1.807) is 28.0 Å². The van der Waals surface area contributed by atoms with Crippen molar-refractivity contribution in [3.63, 3.8) is 0 Å². The van der Waals surface area contributed by atoms with Crippen molar-refractivity contribution in [1.29, 1.82) is 0 Å². The third kappa shape index (κ3) is 12.2. The van der Waals surface area contributed by atoms with E-state index in [4.69, 9.17) is 4.74 Å². The lowest BCUT2D eigenvalue weighted by Crippen LogP contribution is -2.52. The summed E-state index contributed by atoms with van der Waals surface area (Å²) >= 11 is 0. The average Bonchev–Trinajstić information content (AvgIpc) is 3.24. The zero-order valence-corrected chi connectivity index (χ0v) is 33.7. The van der Waals surface area contributed by atoms with Gasteiger partial charge < -0.3 is 35.4 Å². The molecule has 2 aromatic carbocycles. The minimum absolute atomic E-state index is 0.0361. The summed E-state index contributed by atoms with van der Waals surface area (Å²) in [5.74, 6) is -0.700. The van der Waals surface area contributed by atoms with E-state index in [1.807, 2.05) is 43.1 Å². The van der Waals surface area contributed by atoms with Crippen LogP contribution in [-0.4, -0.2) is 132 Å². The number of fused-ring (bicyclic) bond motifs is 1. The molecule has 2 aromatic heterocycles. The van der Waals surface area contributed by atoms with Crippen LogP contribution in [0.25, 0.3) is 10.8 Å². The molecule has 0 saturated carbocycles. The third-order valence-electron chi connectivity index (χ3n) is 10.3. The highest BCUT2D eigenvalue weighted by Gasteiger charge is 2.28. The second-order valence-corrected chi connectivity index (χ2v) is 14.3. The highest BCUT2D eigenvalue weighted by atomic mass is 19.1. The van der Waals surface area contributed by atoms with E-state index in [2.05, 4.69) is 31.1 Å². The summed E-state index contributed by atoms with van der Waals surface area (Å²) in [7, 11) is 0. The first-order chi connectivity index (χ1) is 28.5. The van der Waals surface area contributed by atoms with Gasteiger partial charge in [-0.1, -0.05) is 24.3 Å². The minimum atomic E-state index is -0.616. The number of likely N-dealkylation sites (tertiary alicyclic amines) is 1. The molecule has 4 heterocycles. The van der Waals surface area contributed by atoms with Gasteiger partial charge in [0.25, 0.3) is 11.5 Å². The summed E-state index contributed by atoms with van der Waals surface area (Å²) in [5, 5.41) is 16.2. The molecule has 16 nitrogen and oxygen atoms in total. The number of hydrogen-bond donors (Lipinski definition) is 4. The van der Waals surface area contributed by atoms with Crippen LogP contribution in [0.3, 0.4) is 0 Å². The van der Waals surface area contributed by atoms with Crippen LogP contribution in [0, 0.1) is 12.7 Å². The standard InChI is InChI=1S/C27H31FN6O5.C15H21N3O2/c28-23-6-5-19(16-24-20-3-1-2-4-21(20)26(37)32-31-24)15-22(23)27(38)34-11-9-33(10-12-34)25(36)17-29-7-13-39-14-8-30-18-35;1-4-18-9-12(5-6-15(18)20)13-7-14(17-11(3)19)10(2)16-8-13/h1-6,15,18,29H,7-14,16-17H2,(H,30,35)(H,32,37);7-8,12H,4-6,9H2,1-3H3,(H,17,19). The maximum atomic E-state index is 14.7. The quantitative estimate of drug-likeness (QED) is 0.102. The number of ether oxygens (including phenoxy) is 1. The van der Waals surface area contributed by atoms with E-state index in [0.29, 0.717) is 99.7 Å². The van der Waals surface area contributed by atoms with Crippen LogP contribution in [0.15, 0.2) is 59.5 Å². The molecule has 0 aliphatic carbocycles. The van der Waals surface area contributed by atoms with E-state index in [1.165, 1.54) is 19.1 Å². The topological polar surface area (TPSA) is 199 Å². The number of H-pyrrole nitrogens is 1. The van der Waals surface area contributed by atoms with Crippen LogP contribution in [0.4, 0.5) is 10.1 Å². The summed E-state index contributed by atoms with van der Waals surface area (Å²) in [5.41, 5.74) is 3.65. The maximum absolute atomic E-state index is 14.7. The fourth-order valence-corrected chi connectivity index (χ4v) is 7.00. The smallest absolute Gasteiger partial charge is 0.272 e. The number of carbonyl (C=O) groups is 5. The number of rotatable bonds is 15. The van der Waals surface area contributed by atoms with Crippen molar-refractivity contribution < 1.29 is 33.1 Å². The molecule has 5 amide bonds. The van der Waals surface area contributed by atoms with Gasteiger partial charge in [-0.3, -0.25) is 33.8 Å². The second-order valence-electron chi connectivity index (χ2n) is 14.3. The van der Waals surface area contributed by atoms with Crippen LogP contribution in [0.1, 0.15) is 65.5 Å². The van der Waals surface area contributed by atoms with Crippen LogP contribution in [0.2, 0.25) is 0 Å². The number of piperidine rings is 1. The molecule has 59 heavy (non-hydrogen) atoms. The number of aryl methyl sites for hydroxylation is 1. The van der Waals surface area contributed by atoms with Gasteiger partial charge in [0.1, 0.15) is 5.82 Å². The fourth-order valence-electron chi connectivity index (χ4n) is 7.00. The lowest BCUT2D eigenvalue weighted by molar-refractivity contribution is -0.133. The van der Waals surface area contributed by atoms with Crippen molar-refractivity contribution in [1.82, 2.24) is 40.5 Å². The molecule has 6 rings (SSSR count). The number of anilines is 1. The summed E-state index contributed by atoms with van der Waals surface area (Å²) < 4.78 is 20.0. The number of nitrogens with zero attached hydrogens (tertiary/aromatic N) is 5. The monoisotopic (exact) mass is 813 g/mol. The summed E-state index contributed by atoms with van der Waals surface area (Å²) in [6, 6.07) is 13.5. The second kappa shape index (κ2) is 21.6. The predicted octanol–water partition coefficient (Wildman–Crippen LogP) is 2.36. The Morgan fingerprint density at radius 1 is 1.00 bits per heavy atom. The Labute approximate surface area is 341 Å². The fraction of sp³-hybridized carbons (Fsp3) is 0.429. The Kier molecular flexibility index (Phi) is 16.1. The Morgan fingerprint density at radius 2 is 1.73 bits per heavy atom. The molecule has 2 fully saturated rings. The van der Waals surface area contributed by atoms with Gasteiger partial charge in [0.2, 0.25) is 24.1 Å². The number of benzene rings is 2. The van der Waals surface area contributed by atoms with Gasteiger partial charge in [-0.05, 0) is 55.7 Å². The number of hydrogen-bond acceptors (Lipinski definition) is 10. The molecule has 2 aliphatic rings. The maximum Gasteiger partial charge on any atom is 0.272 e. The first-order valence-electron chi connectivity index (χ1n) is 19.8. The highest BCUT2D eigenvalue weighted by Crippen LogP contribution is 2.29. The van der Waals surface area contributed by atoms with Crippen LogP contribution < -0.4 is 21.5 Å². The lowest BCUT2D eigenvalue weighted by Gasteiger charge is -2.35. The Morgan fingerprint density at radius 3 is 2.46 bits per heavy atom. The Balaban J connectivity index is 0.000000277. The molecule has 0 radical (unpaired) electrons. The number of halogens is 1. The van der Waals surface area contributed by atoms with Crippen LogP contribution in [-0.2, 0) is 30.3 Å². The van der Waals surface area contributed by atoms with Gasteiger partial charge >= 0.3 is 0 Å². The van der Waals surface area contributed by atoms with E-state index >= 15 is 0 Å². The van der Waals surface area contributed by atoms with E-state index in [9.17, 15) is 33.2 Å². The number of carbonyl (C=O) groups excluding carboxylic acids is 5. The number of aromatic nitrogens is 3. The summed E-state index contributed by atoms with van der Waals surface area (Å²) in [4.78, 5) is 80.3. The van der Waals surface area contributed by atoms with Gasteiger partial charge in [0.05, 0.1) is 47.8 Å². The first kappa shape index (κ1) is 44.0. The number of amides is 5. The zero-order chi connectivity index (χ0) is 42.3. The molecule has 314 valence electrons. The van der Waals surface area contributed by atoms with Gasteiger partial charge in [0, 0.05) is 89.6 Å². The van der Waals surface area contributed by atoms with Crippen molar-refractivity contribution >= 4 is 46.5 Å². The van der Waals surface area contributed by atoms with E-state index in [-0.39, 0.29) is 35.4 Å². The van der Waals surface area contributed by atoms with Gasteiger partial charge in [-0.25, -0.2) is 9.49 Å². The van der Waals surface area contributed by atoms with Crippen LogP contribution >= 0.6 is 0 Å². The highest BCUT2D eigenvalue weighted by molar-refractivity contribution is 5.95. The van der Waals surface area contributed by atoms with Gasteiger partial charge in [-0.15, -0.1) is 0 Å². The molecular formula is C42H52FN9O7. The molecule has 0 bridgehead atoms. The molecule has 17 heteroatoms. The normalized spacial score (nSPS) is 15.4. The third-order valence-corrected chi connectivity index (χ3v) is 10.3. The van der Waals surface area contributed by atoms with Crippen LogP contribution in [0.5, 0.6) is 0 Å². The van der Waals surface area contributed by atoms with Crippen molar-refractivity contribution in [3.8, 4) is 0 Å². The van der Waals surface area contributed by atoms with Gasteiger partial charge in [0.15, 0.2) is 0 Å². The minimum Gasteiger partial charge on any atom is -0.378 e. The van der Waals surface area contributed by atoms with E-state index in [0.717, 1.165) is 36.5 Å². The number of piperazine rings is 1. The molecule has 1 atom stereocenters. The van der Waals surface area contributed by atoms with E-state index < -0.39 is 11.7 Å². The number of nitrogens with one attached hydrogen (secondary N) is 4. The van der Waals surface area contributed by atoms with Crippen molar-refractivity contribution in [2.24, 2.45) is 0 Å². The predicted molar refractivity (Wildman–Crippen MR) is 219 cm³/mol. The Hall–Kier alpha value is -6.07. The van der Waals surface area contributed by atoms with Gasteiger partial charge in [-0.2, -0.15) is 5.10 Å².